The maximum absolute atomic E-state index is 13.5. The summed E-state index contributed by atoms with van der Waals surface area (Å²) >= 11 is 6.90. The zero-order valence-electron chi connectivity index (χ0n) is 16.4. The van der Waals surface area contributed by atoms with Crippen LogP contribution in [0.5, 0.6) is 0 Å². The molecule has 0 amide bonds. The Balaban J connectivity index is 2.08. The Bertz CT molecular complexity index is 1020. The first-order valence-electron chi connectivity index (χ1n) is 9.74. The van der Waals surface area contributed by atoms with E-state index in [0.717, 1.165) is 15.9 Å². The predicted octanol–water partition coefficient (Wildman–Crippen LogP) is 5.48. The van der Waals surface area contributed by atoms with E-state index in [0.29, 0.717) is 5.56 Å². The van der Waals surface area contributed by atoms with E-state index in [1.807, 2.05) is 109 Å². The molecule has 0 unspecified atom stereocenters. The fourth-order valence-electron chi connectivity index (χ4n) is 3.88. The Morgan fingerprint density at radius 1 is 0.600 bits per heavy atom. The molecule has 0 fully saturated rings. The molecule has 0 aliphatic heterocycles. The average Bonchev–Trinajstić information content (AvgIpc) is 2.85. The Labute approximate surface area is 182 Å². The van der Waals surface area contributed by atoms with Gasteiger partial charge in [-0.2, -0.15) is 0 Å². The van der Waals surface area contributed by atoms with Crippen LogP contribution in [0, 0.1) is 0 Å². The van der Waals surface area contributed by atoms with Crippen LogP contribution < -0.4 is 15.9 Å². The van der Waals surface area contributed by atoms with E-state index in [1.54, 1.807) is 12.1 Å². The van der Waals surface area contributed by atoms with Crippen LogP contribution in [-0.2, 0) is 4.52 Å². The van der Waals surface area contributed by atoms with Gasteiger partial charge < -0.3 is 0 Å². The van der Waals surface area contributed by atoms with Crippen molar-refractivity contribution in [2.75, 3.05) is 5.62 Å². The van der Waals surface area contributed by atoms with Gasteiger partial charge in [-0.15, -0.1) is 0 Å². The van der Waals surface area contributed by atoms with Crippen molar-refractivity contribution in [3.8, 4) is 0 Å². The summed E-state index contributed by atoms with van der Waals surface area (Å²) in [6, 6.07) is 38.8. The van der Waals surface area contributed by atoms with Gasteiger partial charge in [0.2, 0.25) is 0 Å². The minimum atomic E-state index is -3.80. The molecule has 0 saturated heterocycles. The molecule has 0 atom stereocenters. The van der Waals surface area contributed by atoms with Crippen molar-refractivity contribution in [3.63, 3.8) is 0 Å². The molecule has 0 aliphatic carbocycles. The fraction of sp³-hybridized carbons (Fsp3) is 0.0385. The summed E-state index contributed by atoms with van der Waals surface area (Å²) < 4.78 is 6.68. The number of halogens is 1. The Hall–Kier alpha value is -2.93. The number of alkyl halides is 1. The topological polar surface area (TPSA) is 26.3 Å². The molecule has 0 heterocycles. The molecular weight excluding hydrogens is 411 g/mol. The van der Waals surface area contributed by atoms with Crippen molar-refractivity contribution in [3.05, 3.63) is 127 Å². The van der Waals surface area contributed by atoms with Crippen molar-refractivity contribution >= 4 is 40.3 Å². The van der Waals surface area contributed by atoms with E-state index in [9.17, 15) is 4.79 Å². The van der Waals surface area contributed by atoms with Gasteiger partial charge >= 0.3 is 182 Å². The molecule has 0 saturated carbocycles. The van der Waals surface area contributed by atoms with Gasteiger partial charge in [0.15, 0.2) is 0 Å². The Morgan fingerprint density at radius 2 is 0.933 bits per heavy atom. The van der Waals surface area contributed by atoms with Crippen LogP contribution in [0.25, 0.3) is 0 Å². The maximum atomic E-state index is 13.5. The molecule has 0 radical (unpaired) electrons. The fourth-order valence-corrected chi connectivity index (χ4v) is 9.82. The Morgan fingerprint density at radius 3 is 1.27 bits per heavy atom. The van der Waals surface area contributed by atoms with Gasteiger partial charge in [-0.3, -0.25) is 0 Å². The van der Waals surface area contributed by atoms with Gasteiger partial charge in [-0.05, 0) is 0 Å². The van der Waals surface area contributed by atoms with E-state index in [4.69, 9.17) is 16.1 Å². The number of carbonyl (C=O) groups is 1. The van der Waals surface area contributed by atoms with Gasteiger partial charge in [0.25, 0.3) is 0 Å². The van der Waals surface area contributed by atoms with E-state index >= 15 is 0 Å². The van der Waals surface area contributed by atoms with Crippen molar-refractivity contribution in [2.24, 2.45) is 0 Å². The standard InChI is InChI=1S/C26H22ClO2P/c27-21-30(23-15-7-2-8-16-23,24-17-9-3-10-18-24,25-19-11-4-12-20-25)29-26(28)22-13-5-1-6-14-22/h1-20H,21H2. The van der Waals surface area contributed by atoms with Crippen LogP contribution in [0.15, 0.2) is 121 Å². The second-order valence-electron chi connectivity index (χ2n) is 7.08. The summed E-state index contributed by atoms with van der Waals surface area (Å²) in [5, 5.41) is 2.75. The zero-order chi connectivity index (χ0) is 20.9. The number of carbonyl (C=O) groups excluding carboxylic acids is 1. The van der Waals surface area contributed by atoms with E-state index in [-0.39, 0.29) is 11.6 Å². The van der Waals surface area contributed by atoms with Crippen molar-refractivity contribution in [1.82, 2.24) is 0 Å². The molecule has 4 heteroatoms. The molecule has 0 N–H and O–H groups in total. The molecule has 4 rings (SSSR count). The van der Waals surface area contributed by atoms with Crippen molar-refractivity contribution < 1.29 is 9.32 Å². The first-order valence-corrected chi connectivity index (χ1v) is 12.6. The molecular formula is C26H22ClO2P. The molecule has 4 aromatic rings. The summed E-state index contributed by atoms with van der Waals surface area (Å²) in [6.07, 6.45) is 0. The van der Waals surface area contributed by atoms with Crippen LogP contribution in [0.1, 0.15) is 10.4 Å². The monoisotopic (exact) mass is 432 g/mol. The molecule has 0 aliphatic rings. The molecule has 2 nitrogen and oxygen atoms in total. The molecule has 0 bridgehead atoms. The third-order valence-corrected chi connectivity index (χ3v) is 12.0. The molecule has 4 aromatic carbocycles. The van der Waals surface area contributed by atoms with Crippen LogP contribution >= 0.6 is 18.4 Å². The first-order chi connectivity index (χ1) is 14.7. The quantitative estimate of drug-likeness (QED) is 0.298. The van der Waals surface area contributed by atoms with E-state index in [2.05, 4.69) is 0 Å². The number of hydrogen-bond donors (Lipinski definition) is 0. The van der Waals surface area contributed by atoms with Crippen LogP contribution in [0.3, 0.4) is 0 Å². The summed E-state index contributed by atoms with van der Waals surface area (Å²) in [5.74, 6) is -0.384. The molecule has 150 valence electrons. The van der Waals surface area contributed by atoms with Gasteiger partial charge in [0.05, 0.1) is 0 Å². The number of benzene rings is 4. The minimum absolute atomic E-state index is 0.141. The van der Waals surface area contributed by atoms with Gasteiger partial charge in [-0.1, -0.05) is 0 Å². The number of hydrogen-bond acceptors (Lipinski definition) is 2. The van der Waals surface area contributed by atoms with Crippen LogP contribution in [-0.4, -0.2) is 11.6 Å². The summed E-state index contributed by atoms with van der Waals surface area (Å²) in [5.41, 5.74) is 0.641. The normalized spacial score (nSPS) is 12.5. The summed E-state index contributed by atoms with van der Waals surface area (Å²) in [7, 11) is 0. The third kappa shape index (κ3) is 3.23. The molecule has 0 aromatic heterocycles. The predicted molar refractivity (Wildman–Crippen MR) is 128 cm³/mol. The second kappa shape index (κ2) is 8.44. The van der Waals surface area contributed by atoms with Crippen LogP contribution in [0.4, 0.5) is 0 Å². The van der Waals surface area contributed by atoms with E-state index < -0.39 is 6.83 Å². The van der Waals surface area contributed by atoms with E-state index in [1.165, 1.54) is 0 Å². The Kier molecular flexibility index (Phi) is 5.72. The van der Waals surface area contributed by atoms with Crippen molar-refractivity contribution in [1.29, 1.82) is 0 Å². The second-order valence-corrected chi connectivity index (χ2v) is 12.2. The summed E-state index contributed by atoms with van der Waals surface area (Å²) in [6.45, 7) is -3.80. The zero-order valence-corrected chi connectivity index (χ0v) is 18.0. The average molecular weight is 433 g/mol. The van der Waals surface area contributed by atoms with Gasteiger partial charge in [0.1, 0.15) is 0 Å². The first kappa shape index (κ1) is 20.3. The number of rotatable bonds is 6. The molecule has 0 spiro atoms. The van der Waals surface area contributed by atoms with Gasteiger partial charge in [-0.25, -0.2) is 0 Å². The SMILES string of the molecule is O=C(OP(CCl)(c1ccccc1)(c1ccccc1)c1ccccc1)c1ccccc1. The third-order valence-electron chi connectivity index (χ3n) is 5.43. The molecule has 30 heavy (non-hydrogen) atoms. The van der Waals surface area contributed by atoms with Crippen molar-refractivity contribution in [2.45, 2.75) is 0 Å². The van der Waals surface area contributed by atoms with Gasteiger partial charge in [0, 0.05) is 0 Å². The summed E-state index contributed by atoms with van der Waals surface area (Å²) in [4.78, 5) is 13.5. The van der Waals surface area contributed by atoms with Crippen LogP contribution in [0.2, 0.25) is 0 Å².